The second-order valence-corrected chi connectivity index (χ2v) is 3.90. The lowest BCUT2D eigenvalue weighted by atomic mass is 10.0. The van der Waals surface area contributed by atoms with E-state index in [1.807, 2.05) is 31.2 Å². The van der Waals surface area contributed by atoms with Crippen molar-refractivity contribution in [3.05, 3.63) is 45.9 Å². The van der Waals surface area contributed by atoms with Crippen LogP contribution in [0.15, 0.2) is 30.9 Å². The standard InChI is InChI=1S/C11H12IO/c1-4-8(2)10-7-9(13-3)5-6-11(10)12/h4-7H,1H2,2-3H3. The first-order valence-corrected chi connectivity index (χ1v) is 5.07. The molecule has 69 valence electrons. The molecule has 13 heavy (non-hydrogen) atoms. The number of rotatable bonds is 3. The van der Waals surface area contributed by atoms with E-state index in [0.717, 1.165) is 5.75 Å². The van der Waals surface area contributed by atoms with Crippen LogP contribution in [0.25, 0.3) is 0 Å². The van der Waals surface area contributed by atoms with Crippen molar-refractivity contribution < 1.29 is 4.74 Å². The fraction of sp³-hybridized carbons (Fsp3) is 0.182. The second-order valence-electron chi connectivity index (χ2n) is 2.73. The molecule has 1 aromatic carbocycles. The van der Waals surface area contributed by atoms with Gasteiger partial charge in [0.25, 0.3) is 0 Å². The molecule has 1 aromatic rings. The minimum atomic E-state index is 0.886. The first-order chi connectivity index (χ1) is 6.19. The van der Waals surface area contributed by atoms with E-state index in [2.05, 4.69) is 29.2 Å². The van der Waals surface area contributed by atoms with Crippen molar-refractivity contribution in [1.82, 2.24) is 0 Å². The third-order valence-corrected chi connectivity index (χ3v) is 2.85. The minimum absolute atomic E-state index is 0.886. The summed E-state index contributed by atoms with van der Waals surface area (Å²) in [5, 5.41) is 0. The zero-order valence-electron chi connectivity index (χ0n) is 7.80. The van der Waals surface area contributed by atoms with Gasteiger partial charge in [-0.2, -0.15) is 0 Å². The van der Waals surface area contributed by atoms with E-state index >= 15 is 0 Å². The Hall–Kier alpha value is -0.510. The molecule has 0 N–H and O–H groups in total. The Kier molecular flexibility index (Phi) is 3.78. The first kappa shape index (κ1) is 10.6. The molecule has 1 radical (unpaired) electrons. The normalized spacial score (nSPS) is 10.2. The Balaban J connectivity index is 3.10. The van der Waals surface area contributed by atoms with Crippen molar-refractivity contribution in [2.24, 2.45) is 0 Å². The number of ether oxygens (including phenoxy) is 1. The van der Waals surface area contributed by atoms with Crippen molar-refractivity contribution in [3.8, 4) is 5.75 Å². The van der Waals surface area contributed by atoms with Crippen LogP contribution in [-0.4, -0.2) is 7.11 Å². The molecule has 0 aliphatic heterocycles. The molecule has 2 heteroatoms. The molecule has 0 amide bonds. The maximum absolute atomic E-state index is 5.15. The van der Waals surface area contributed by atoms with E-state index in [1.165, 1.54) is 15.1 Å². The largest absolute Gasteiger partial charge is 0.497 e. The maximum Gasteiger partial charge on any atom is 0.119 e. The van der Waals surface area contributed by atoms with E-state index in [-0.39, 0.29) is 0 Å². The van der Waals surface area contributed by atoms with Crippen LogP contribution in [0.5, 0.6) is 5.75 Å². The van der Waals surface area contributed by atoms with Gasteiger partial charge in [-0.3, -0.25) is 0 Å². The summed E-state index contributed by atoms with van der Waals surface area (Å²) in [5.74, 6) is 2.06. The Morgan fingerprint density at radius 2 is 2.23 bits per heavy atom. The molecule has 0 heterocycles. The van der Waals surface area contributed by atoms with Crippen LogP contribution in [0.1, 0.15) is 12.5 Å². The highest BCUT2D eigenvalue weighted by molar-refractivity contribution is 14.1. The zero-order valence-corrected chi connectivity index (χ0v) is 9.96. The summed E-state index contributed by atoms with van der Waals surface area (Å²) in [6, 6.07) is 6.03. The highest BCUT2D eigenvalue weighted by atomic mass is 127. The van der Waals surface area contributed by atoms with Crippen molar-refractivity contribution in [2.75, 3.05) is 7.11 Å². The number of hydrogen-bond acceptors (Lipinski definition) is 1. The molecule has 0 bridgehead atoms. The molecule has 1 nitrogen and oxygen atoms in total. The third-order valence-electron chi connectivity index (χ3n) is 1.90. The van der Waals surface area contributed by atoms with Gasteiger partial charge in [-0.1, -0.05) is 13.0 Å². The molecule has 0 unspecified atom stereocenters. The number of benzene rings is 1. The monoisotopic (exact) mass is 287 g/mol. The second kappa shape index (κ2) is 4.65. The number of allylic oxidation sites excluding steroid dienone is 1. The maximum atomic E-state index is 5.15. The number of hydrogen-bond donors (Lipinski definition) is 0. The van der Waals surface area contributed by atoms with E-state index in [0.29, 0.717) is 0 Å². The summed E-state index contributed by atoms with van der Waals surface area (Å²) in [4.78, 5) is 0. The van der Waals surface area contributed by atoms with Crippen LogP contribution in [0.2, 0.25) is 0 Å². The highest BCUT2D eigenvalue weighted by Crippen LogP contribution is 2.25. The summed E-state index contributed by atoms with van der Waals surface area (Å²) in [5.41, 5.74) is 1.19. The molecule has 0 fully saturated rings. The quantitative estimate of drug-likeness (QED) is 0.774. The predicted octanol–water partition coefficient (Wildman–Crippen LogP) is 3.43. The molecule has 0 aliphatic carbocycles. The van der Waals surface area contributed by atoms with Gasteiger partial charge in [0.15, 0.2) is 0 Å². The molecule has 0 aliphatic rings. The van der Waals surface area contributed by atoms with Gasteiger partial charge < -0.3 is 4.74 Å². The summed E-state index contributed by atoms with van der Waals surface area (Å²) >= 11 is 2.31. The van der Waals surface area contributed by atoms with Crippen LogP contribution in [0, 0.1) is 9.49 Å². The average molecular weight is 287 g/mol. The molecule has 1 rings (SSSR count). The number of halogens is 1. The van der Waals surface area contributed by atoms with Gasteiger partial charge in [0.1, 0.15) is 5.75 Å². The molecular formula is C11H12IO. The van der Waals surface area contributed by atoms with E-state index in [1.54, 1.807) is 7.11 Å². The van der Waals surface area contributed by atoms with Crippen molar-refractivity contribution in [2.45, 2.75) is 6.92 Å². The summed E-state index contributed by atoms with van der Waals surface area (Å²) in [6.07, 6.45) is 1.86. The summed E-state index contributed by atoms with van der Waals surface area (Å²) in [6.45, 7) is 5.80. The average Bonchev–Trinajstić information content (AvgIpc) is 2.17. The Morgan fingerprint density at radius 3 is 2.77 bits per heavy atom. The van der Waals surface area contributed by atoms with E-state index in [4.69, 9.17) is 4.74 Å². The first-order valence-electron chi connectivity index (χ1n) is 3.99. The zero-order chi connectivity index (χ0) is 9.84. The highest BCUT2D eigenvalue weighted by Gasteiger charge is 2.07. The third kappa shape index (κ3) is 2.46. The van der Waals surface area contributed by atoms with Crippen molar-refractivity contribution in [3.63, 3.8) is 0 Å². The van der Waals surface area contributed by atoms with Gasteiger partial charge >= 0.3 is 0 Å². The van der Waals surface area contributed by atoms with E-state index in [9.17, 15) is 0 Å². The Morgan fingerprint density at radius 1 is 1.54 bits per heavy atom. The smallest absolute Gasteiger partial charge is 0.119 e. The fourth-order valence-corrected chi connectivity index (χ4v) is 1.80. The van der Waals surface area contributed by atoms with Crippen LogP contribution >= 0.6 is 22.6 Å². The van der Waals surface area contributed by atoms with Crippen LogP contribution in [0.4, 0.5) is 0 Å². The van der Waals surface area contributed by atoms with Gasteiger partial charge in [0, 0.05) is 9.49 Å². The van der Waals surface area contributed by atoms with Crippen LogP contribution in [-0.2, 0) is 0 Å². The minimum Gasteiger partial charge on any atom is -0.497 e. The molecular weight excluding hydrogens is 275 g/mol. The molecule has 0 aromatic heterocycles. The van der Waals surface area contributed by atoms with Gasteiger partial charge in [0.05, 0.1) is 7.11 Å². The molecule has 0 atom stereocenters. The molecule has 0 saturated carbocycles. The lowest BCUT2D eigenvalue weighted by Crippen LogP contribution is -1.95. The van der Waals surface area contributed by atoms with Crippen LogP contribution < -0.4 is 4.74 Å². The molecule has 0 spiro atoms. The topological polar surface area (TPSA) is 9.23 Å². The lowest BCUT2D eigenvalue weighted by molar-refractivity contribution is 0.414. The predicted molar refractivity (Wildman–Crippen MR) is 63.9 cm³/mol. The van der Waals surface area contributed by atoms with Gasteiger partial charge in [0.2, 0.25) is 0 Å². The Labute approximate surface area is 92.9 Å². The van der Waals surface area contributed by atoms with E-state index < -0.39 is 0 Å². The molecule has 0 saturated heterocycles. The van der Waals surface area contributed by atoms with Gasteiger partial charge in [-0.05, 0) is 46.4 Å². The Bertz CT molecular complexity index is 307. The number of methoxy groups -OCH3 is 1. The van der Waals surface area contributed by atoms with Crippen molar-refractivity contribution >= 4 is 22.6 Å². The lowest BCUT2D eigenvalue weighted by Gasteiger charge is -2.10. The van der Waals surface area contributed by atoms with Gasteiger partial charge in [-0.15, -0.1) is 6.58 Å². The summed E-state index contributed by atoms with van der Waals surface area (Å²) in [7, 11) is 1.68. The summed E-state index contributed by atoms with van der Waals surface area (Å²) < 4.78 is 6.37. The van der Waals surface area contributed by atoms with Crippen molar-refractivity contribution in [1.29, 1.82) is 0 Å². The van der Waals surface area contributed by atoms with Crippen LogP contribution in [0.3, 0.4) is 0 Å². The van der Waals surface area contributed by atoms with Gasteiger partial charge in [-0.25, -0.2) is 0 Å². The SMILES string of the molecule is C=C[C](C)c1cc(OC)ccc1I. The fourth-order valence-electron chi connectivity index (χ4n) is 1.04.